The lowest BCUT2D eigenvalue weighted by Gasteiger charge is -2.34. The molecular formula is C18H18N2O3S. The molecule has 0 unspecified atom stereocenters. The van der Waals surface area contributed by atoms with E-state index in [0.29, 0.717) is 12.3 Å². The summed E-state index contributed by atoms with van der Waals surface area (Å²) in [5.41, 5.74) is 2.96. The summed E-state index contributed by atoms with van der Waals surface area (Å²) in [6.07, 6.45) is 1.73. The van der Waals surface area contributed by atoms with Crippen molar-refractivity contribution in [3.05, 3.63) is 46.7 Å². The van der Waals surface area contributed by atoms with Crippen LogP contribution in [0.25, 0.3) is 5.57 Å². The molecule has 6 heteroatoms. The third-order valence-electron chi connectivity index (χ3n) is 4.19. The fraction of sp³-hybridized carbons (Fsp3) is 0.278. The summed E-state index contributed by atoms with van der Waals surface area (Å²) in [6.45, 7) is 6.11. The van der Waals surface area contributed by atoms with Gasteiger partial charge in [0.1, 0.15) is 17.1 Å². The maximum atomic E-state index is 12.7. The molecule has 2 aliphatic heterocycles. The highest BCUT2D eigenvalue weighted by atomic mass is 32.1. The van der Waals surface area contributed by atoms with Gasteiger partial charge in [0.05, 0.1) is 0 Å². The number of nitrogens with zero attached hydrogens (tertiary/aromatic N) is 2. The number of hydrogen-bond donors (Lipinski definition) is 0. The Hall–Kier alpha value is -2.47. The number of ether oxygens (including phenoxy) is 1. The van der Waals surface area contributed by atoms with Gasteiger partial charge in [-0.2, -0.15) is 0 Å². The van der Waals surface area contributed by atoms with Crippen LogP contribution in [0.3, 0.4) is 0 Å². The lowest BCUT2D eigenvalue weighted by Crippen LogP contribution is -2.55. The topological polar surface area (TPSA) is 49.9 Å². The molecule has 2 aliphatic rings. The standard InChI is InChI=1S/C18H18N2O3S/c1-5-20-17(22)15(16(21)19(4)18(20)24)14-9-11(3)12-7-6-10(2)8-13(12)23-14/h6-9H,5H2,1-4H3/b15-14-. The fourth-order valence-corrected chi connectivity index (χ4v) is 3.12. The van der Waals surface area contributed by atoms with Crippen LogP contribution in [0.5, 0.6) is 5.75 Å². The third-order valence-corrected chi connectivity index (χ3v) is 4.68. The van der Waals surface area contributed by atoms with Gasteiger partial charge in [0, 0.05) is 19.2 Å². The predicted octanol–water partition coefficient (Wildman–Crippen LogP) is 2.65. The van der Waals surface area contributed by atoms with Gasteiger partial charge in [-0.05, 0) is 56.3 Å². The SMILES string of the molecule is CCN1C(=O)/C(=C2/C=C(C)c3ccc(C)cc3O2)C(=O)N(C)C1=S. The minimum atomic E-state index is -0.440. The molecule has 0 aliphatic carbocycles. The normalized spacial score (nSPS) is 20.8. The van der Waals surface area contributed by atoms with Crippen LogP contribution in [0.4, 0.5) is 0 Å². The fourth-order valence-electron chi connectivity index (χ4n) is 2.82. The van der Waals surface area contributed by atoms with Crippen molar-refractivity contribution in [1.82, 2.24) is 9.80 Å². The highest BCUT2D eigenvalue weighted by Crippen LogP contribution is 2.35. The first-order valence-electron chi connectivity index (χ1n) is 7.70. The third kappa shape index (κ3) is 2.43. The van der Waals surface area contributed by atoms with Crippen LogP contribution >= 0.6 is 12.2 Å². The van der Waals surface area contributed by atoms with Gasteiger partial charge in [0.15, 0.2) is 5.11 Å². The van der Waals surface area contributed by atoms with Crippen molar-refractivity contribution in [3.8, 4) is 5.75 Å². The molecule has 2 amide bonds. The van der Waals surface area contributed by atoms with Gasteiger partial charge in [-0.3, -0.25) is 19.4 Å². The molecule has 24 heavy (non-hydrogen) atoms. The number of benzene rings is 1. The molecule has 5 nitrogen and oxygen atoms in total. The van der Waals surface area contributed by atoms with E-state index in [4.69, 9.17) is 17.0 Å². The monoisotopic (exact) mass is 342 g/mol. The van der Waals surface area contributed by atoms with Gasteiger partial charge in [-0.15, -0.1) is 0 Å². The summed E-state index contributed by atoms with van der Waals surface area (Å²) in [6, 6.07) is 5.87. The number of allylic oxidation sites excluding steroid dienone is 2. The molecule has 1 aromatic rings. The van der Waals surface area contributed by atoms with Crippen molar-refractivity contribution < 1.29 is 14.3 Å². The molecule has 1 aromatic carbocycles. The van der Waals surface area contributed by atoms with Gasteiger partial charge in [0.2, 0.25) is 0 Å². The Morgan fingerprint density at radius 3 is 2.54 bits per heavy atom. The number of carbonyl (C=O) groups excluding carboxylic acids is 2. The zero-order chi connectivity index (χ0) is 17.6. The van der Waals surface area contributed by atoms with Crippen LogP contribution in [-0.4, -0.2) is 40.3 Å². The van der Waals surface area contributed by atoms with Crippen molar-refractivity contribution in [1.29, 1.82) is 0 Å². The van der Waals surface area contributed by atoms with E-state index in [1.54, 1.807) is 13.1 Å². The highest BCUT2D eigenvalue weighted by Gasteiger charge is 2.40. The van der Waals surface area contributed by atoms with Crippen LogP contribution < -0.4 is 4.74 Å². The lowest BCUT2D eigenvalue weighted by molar-refractivity contribution is -0.133. The van der Waals surface area contributed by atoms with Crippen molar-refractivity contribution in [2.45, 2.75) is 20.8 Å². The van der Waals surface area contributed by atoms with E-state index in [0.717, 1.165) is 16.7 Å². The molecule has 0 radical (unpaired) electrons. The molecule has 1 fully saturated rings. The van der Waals surface area contributed by atoms with Crippen LogP contribution in [0, 0.1) is 6.92 Å². The summed E-state index contributed by atoms with van der Waals surface area (Å²) in [5.74, 6) is 0.0657. The van der Waals surface area contributed by atoms with E-state index in [2.05, 4.69) is 0 Å². The van der Waals surface area contributed by atoms with Crippen molar-refractivity contribution in [2.24, 2.45) is 0 Å². The highest BCUT2D eigenvalue weighted by molar-refractivity contribution is 7.80. The maximum absolute atomic E-state index is 12.7. The van der Waals surface area contributed by atoms with Crippen LogP contribution in [0.15, 0.2) is 35.6 Å². The van der Waals surface area contributed by atoms with Crippen molar-refractivity contribution >= 4 is 34.7 Å². The second-order valence-electron chi connectivity index (χ2n) is 5.86. The molecule has 1 saturated heterocycles. The Labute approximate surface area is 146 Å². The molecule has 3 rings (SSSR count). The number of likely N-dealkylation sites (N-methyl/N-ethyl adjacent to an activating group) is 2. The van der Waals surface area contributed by atoms with Crippen LogP contribution in [0.1, 0.15) is 25.0 Å². The summed E-state index contributed by atoms with van der Waals surface area (Å²) in [5, 5.41) is 0.213. The largest absolute Gasteiger partial charge is 0.456 e. The van der Waals surface area contributed by atoms with E-state index >= 15 is 0 Å². The predicted molar refractivity (Wildman–Crippen MR) is 95.2 cm³/mol. The molecule has 2 heterocycles. The number of hydrogen-bond acceptors (Lipinski definition) is 4. The number of thiocarbonyl (C=S) groups is 1. The Morgan fingerprint density at radius 1 is 1.17 bits per heavy atom. The smallest absolute Gasteiger partial charge is 0.269 e. The average Bonchev–Trinajstić information content (AvgIpc) is 2.53. The van der Waals surface area contributed by atoms with E-state index in [-0.39, 0.29) is 16.4 Å². The number of rotatable bonds is 1. The summed E-state index contributed by atoms with van der Waals surface area (Å²) >= 11 is 5.19. The van der Waals surface area contributed by atoms with E-state index in [1.165, 1.54) is 9.80 Å². The number of carbonyl (C=O) groups is 2. The van der Waals surface area contributed by atoms with Crippen molar-refractivity contribution in [3.63, 3.8) is 0 Å². The van der Waals surface area contributed by atoms with E-state index in [1.807, 2.05) is 39.0 Å². The number of fused-ring (bicyclic) bond motifs is 1. The molecule has 0 spiro atoms. The summed E-state index contributed by atoms with van der Waals surface area (Å²) in [7, 11) is 1.57. The minimum Gasteiger partial charge on any atom is -0.456 e. The Kier molecular flexibility index (Phi) is 4.01. The van der Waals surface area contributed by atoms with Crippen LogP contribution in [-0.2, 0) is 9.59 Å². The lowest BCUT2D eigenvalue weighted by atomic mass is 9.99. The van der Waals surface area contributed by atoms with Gasteiger partial charge in [0.25, 0.3) is 11.8 Å². The molecule has 0 aromatic heterocycles. The summed E-state index contributed by atoms with van der Waals surface area (Å²) < 4.78 is 5.90. The van der Waals surface area contributed by atoms with Gasteiger partial charge < -0.3 is 4.74 Å². The molecular weight excluding hydrogens is 324 g/mol. The number of amides is 2. The molecule has 124 valence electrons. The summed E-state index contributed by atoms with van der Waals surface area (Å²) in [4.78, 5) is 28.1. The first-order valence-corrected chi connectivity index (χ1v) is 8.11. The quantitative estimate of drug-likeness (QED) is 0.447. The minimum absolute atomic E-state index is 0.0134. The average molecular weight is 342 g/mol. The Bertz CT molecular complexity index is 839. The number of aryl methyl sites for hydroxylation is 1. The Balaban J connectivity index is 2.15. The maximum Gasteiger partial charge on any atom is 0.269 e. The van der Waals surface area contributed by atoms with Gasteiger partial charge in [-0.1, -0.05) is 12.1 Å². The Morgan fingerprint density at radius 2 is 1.88 bits per heavy atom. The van der Waals surface area contributed by atoms with Gasteiger partial charge >= 0.3 is 0 Å². The zero-order valence-corrected chi connectivity index (χ0v) is 14.9. The molecule has 0 atom stereocenters. The molecule has 0 saturated carbocycles. The van der Waals surface area contributed by atoms with Gasteiger partial charge in [-0.25, -0.2) is 0 Å². The molecule has 0 bridgehead atoms. The second-order valence-corrected chi connectivity index (χ2v) is 6.23. The first kappa shape index (κ1) is 16.4. The molecule has 0 N–H and O–H groups in total. The second kappa shape index (κ2) is 5.87. The van der Waals surface area contributed by atoms with E-state index in [9.17, 15) is 9.59 Å². The van der Waals surface area contributed by atoms with Crippen LogP contribution in [0.2, 0.25) is 0 Å². The van der Waals surface area contributed by atoms with E-state index < -0.39 is 11.8 Å². The van der Waals surface area contributed by atoms with Crippen molar-refractivity contribution in [2.75, 3.05) is 13.6 Å². The first-order chi connectivity index (χ1) is 11.3. The zero-order valence-electron chi connectivity index (χ0n) is 14.0.